The van der Waals surface area contributed by atoms with E-state index in [0.717, 1.165) is 17.1 Å². The van der Waals surface area contributed by atoms with Gasteiger partial charge in [-0.2, -0.15) is 0 Å². The molecule has 0 saturated heterocycles. The van der Waals surface area contributed by atoms with Crippen LogP contribution in [0.3, 0.4) is 0 Å². The zero-order valence-corrected chi connectivity index (χ0v) is 12.9. The summed E-state index contributed by atoms with van der Waals surface area (Å²) in [6.07, 6.45) is 2.97. The van der Waals surface area contributed by atoms with Crippen molar-refractivity contribution < 1.29 is 5.11 Å². The fraction of sp³-hybridized carbons (Fsp3) is 0.278. The summed E-state index contributed by atoms with van der Waals surface area (Å²) in [5.41, 5.74) is 1.55. The van der Waals surface area contributed by atoms with Crippen molar-refractivity contribution in [2.75, 3.05) is 0 Å². The van der Waals surface area contributed by atoms with Gasteiger partial charge in [-0.25, -0.2) is 4.98 Å². The first-order valence-electron chi connectivity index (χ1n) is 7.71. The largest absolute Gasteiger partial charge is 0.388 e. The summed E-state index contributed by atoms with van der Waals surface area (Å²) in [5.74, 6) is 0.743. The van der Waals surface area contributed by atoms with Crippen molar-refractivity contribution in [3.05, 3.63) is 58.8 Å². The van der Waals surface area contributed by atoms with Crippen LogP contribution in [0.4, 0.5) is 0 Å². The van der Waals surface area contributed by atoms with Gasteiger partial charge in [0.15, 0.2) is 0 Å². The molecule has 4 rings (SSSR count). The summed E-state index contributed by atoms with van der Waals surface area (Å²) in [7, 11) is 0. The molecule has 2 aromatic heterocycles. The molecule has 0 radical (unpaired) electrons. The van der Waals surface area contributed by atoms with Crippen molar-refractivity contribution in [2.24, 2.45) is 0 Å². The highest BCUT2D eigenvalue weighted by Gasteiger charge is 2.29. The molecule has 1 aliphatic heterocycles. The van der Waals surface area contributed by atoms with Gasteiger partial charge in [0, 0.05) is 18.2 Å². The summed E-state index contributed by atoms with van der Waals surface area (Å²) in [6, 6.07) is 11.3. The topological polar surface area (TPSA) is 68.0 Å². The predicted octanol–water partition coefficient (Wildman–Crippen LogP) is 2.16. The third kappa shape index (κ3) is 2.43. The number of pyridine rings is 1. The van der Waals surface area contributed by atoms with Gasteiger partial charge in [-0.05, 0) is 37.6 Å². The monoisotopic (exact) mass is 307 g/mol. The van der Waals surface area contributed by atoms with Crippen molar-refractivity contribution in [3.8, 4) is 11.3 Å². The van der Waals surface area contributed by atoms with E-state index in [4.69, 9.17) is 0 Å². The Bertz CT molecular complexity index is 946. The molecule has 0 bridgehead atoms. The molecule has 0 fully saturated rings. The second kappa shape index (κ2) is 4.99. The van der Waals surface area contributed by atoms with E-state index in [1.165, 1.54) is 0 Å². The van der Waals surface area contributed by atoms with E-state index in [0.29, 0.717) is 30.3 Å². The molecule has 1 aliphatic rings. The highest BCUT2D eigenvalue weighted by Crippen LogP contribution is 2.24. The maximum Gasteiger partial charge on any atom is 0.261 e. The van der Waals surface area contributed by atoms with Crippen LogP contribution in [0.1, 0.15) is 19.2 Å². The van der Waals surface area contributed by atoms with E-state index in [2.05, 4.69) is 9.97 Å². The minimum absolute atomic E-state index is 0.0856. The lowest BCUT2D eigenvalue weighted by Gasteiger charge is -2.30. The quantitative estimate of drug-likeness (QED) is 0.748. The number of rotatable bonds is 1. The van der Waals surface area contributed by atoms with Crippen LogP contribution < -0.4 is 5.56 Å². The number of benzene rings is 1. The molecule has 1 atom stereocenters. The van der Waals surface area contributed by atoms with Crippen LogP contribution in [0, 0.1) is 0 Å². The van der Waals surface area contributed by atoms with Crippen LogP contribution in [0.5, 0.6) is 0 Å². The Kier molecular flexibility index (Phi) is 3.06. The van der Waals surface area contributed by atoms with Crippen molar-refractivity contribution in [3.63, 3.8) is 0 Å². The third-order valence-corrected chi connectivity index (χ3v) is 4.38. The Labute approximate surface area is 133 Å². The molecular weight excluding hydrogens is 290 g/mol. The lowest BCUT2D eigenvalue weighted by molar-refractivity contribution is 0.0199. The third-order valence-electron chi connectivity index (χ3n) is 4.38. The van der Waals surface area contributed by atoms with Crippen LogP contribution in [-0.2, 0) is 13.0 Å². The molecule has 1 N–H and O–H groups in total. The van der Waals surface area contributed by atoms with Gasteiger partial charge in [-0.3, -0.25) is 14.3 Å². The van der Waals surface area contributed by atoms with E-state index in [1.54, 1.807) is 23.8 Å². The van der Waals surface area contributed by atoms with Gasteiger partial charge < -0.3 is 5.11 Å². The number of fused-ring (bicyclic) bond motifs is 2. The lowest BCUT2D eigenvalue weighted by atomic mass is 9.96. The second-order valence-electron chi connectivity index (χ2n) is 6.36. The van der Waals surface area contributed by atoms with Crippen LogP contribution >= 0.6 is 0 Å². The molecule has 1 aromatic carbocycles. The van der Waals surface area contributed by atoms with E-state index in [9.17, 15) is 9.90 Å². The lowest BCUT2D eigenvalue weighted by Crippen LogP contribution is -2.42. The standard InChI is InChI=1S/C18H17N3O2/c1-18(23)8-7-16-20-15-10-12(14-4-2-3-9-19-14)5-6-13(15)17(22)21(16)11-18/h2-6,9-10,23H,7-8,11H2,1H3. The van der Waals surface area contributed by atoms with Gasteiger partial charge >= 0.3 is 0 Å². The molecular formula is C18H17N3O2. The first-order chi connectivity index (χ1) is 11.0. The van der Waals surface area contributed by atoms with E-state index in [1.807, 2.05) is 30.3 Å². The Balaban J connectivity index is 1.90. The molecule has 3 heterocycles. The second-order valence-corrected chi connectivity index (χ2v) is 6.36. The van der Waals surface area contributed by atoms with Crippen LogP contribution in [0.2, 0.25) is 0 Å². The maximum absolute atomic E-state index is 12.7. The first-order valence-corrected chi connectivity index (χ1v) is 7.71. The van der Waals surface area contributed by atoms with Gasteiger partial charge in [0.05, 0.1) is 28.7 Å². The van der Waals surface area contributed by atoms with Crippen LogP contribution in [0.15, 0.2) is 47.4 Å². The number of hydrogen-bond acceptors (Lipinski definition) is 4. The molecule has 0 amide bonds. The minimum Gasteiger partial charge on any atom is -0.388 e. The van der Waals surface area contributed by atoms with Crippen molar-refractivity contribution in [1.82, 2.24) is 14.5 Å². The highest BCUT2D eigenvalue weighted by atomic mass is 16.3. The zero-order valence-electron chi connectivity index (χ0n) is 12.9. The average molecular weight is 307 g/mol. The summed E-state index contributed by atoms with van der Waals surface area (Å²) in [4.78, 5) is 21.7. The molecule has 0 aliphatic carbocycles. The fourth-order valence-electron chi connectivity index (χ4n) is 3.11. The zero-order chi connectivity index (χ0) is 16.0. The van der Waals surface area contributed by atoms with Gasteiger partial charge in [0.1, 0.15) is 5.82 Å². The van der Waals surface area contributed by atoms with Gasteiger partial charge in [-0.1, -0.05) is 12.1 Å². The fourth-order valence-corrected chi connectivity index (χ4v) is 3.11. The molecule has 1 unspecified atom stereocenters. The molecule has 3 aromatic rings. The van der Waals surface area contributed by atoms with E-state index < -0.39 is 5.60 Å². The number of aryl methyl sites for hydroxylation is 1. The molecule has 5 heteroatoms. The van der Waals surface area contributed by atoms with Crippen molar-refractivity contribution in [2.45, 2.75) is 31.9 Å². The molecule has 23 heavy (non-hydrogen) atoms. The van der Waals surface area contributed by atoms with E-state index in [-0.39, 0.29) is 5.56 Å². The average Bonchev–Trinajstić information content (AvgIpc) is 2.56. The molecule has 116 valence electrons. The maximum atomic E-state index is 12.7. The summed E-state index contributed by atoms with van der Waals surface area (Å²) in [6.45, 7) is 2.06. The number of nitrogens with zero attached hydrogens (tertiary/aromatic N) is 3. The molecule has 5 nitrogen and oxygen atoms in total. The molecule has 0 spiro atoms. The van der Waals surface area contributed by atoms with Gasteiger partial charge in [0.2, 0.25) is 0 Å². The first kappa shape index (κ1) is 14.1. The normalized spacial score (nSPS) is 20.4. The Morgan fingerprint density at radius 3 is 2.91 bits per heavy atom. The highest BCUT2D eigenvalue weighted by molar-refractivity contribution is 5.83. The Morgan fingerprint density at radius 2 is 2.13 bits per heavy atom. The Hall–Kier alpha value is -2.53. The van der Waals surface area contributed by atoms with Gasteiger partial charge in [-0.15, -0.1) is 0 Å². The van der Waals surface area contributed by atoms with Crippen LogP contribution in [-0.4, -0.2) is 25.2 Å². The van der Waals surface area contributed by atoms with Crippen molar-refractivity contribution in [1.29, 1.82) is 0 Å². The van der Waals surface area contributed by atoms with Gasteiger partial charge in [0.25, 0.3) is 5.56 Å². The predicted molar refractivity (Wildman–Crippen MR) is 88.2 cm³/mol. The number of aromatic nitrogens is 3. The molecule has 0 saturated carbocycles. The minimum atomic E-state index is -0.847. The number of aliphatic hydroxyl groups is 1. The smallest absolute Gasteiger partial charge is 0.261 e. The summed E-state index contributed by atoms with van der Waals surface area (Å²) in [5, 5.41) is 10.8. The number of hydrogen-bond donors (Lipinski definition) is 1. The SMILES string of the molecule is CC1(O)CCc2nc3cc(-c4ccccn4)ccc3c(=O)n2C1. The van der Waals surface area contributed by atoms with Crippen LogP contribution in [0.25, 0.3) is 22.2 Å². The summed E-state index contributed by atoms with van der Waals surface area (Å²) < 4.78 is 1.60. The summed E-state index contributed by atoms with van der Waals surface area (Å²) >= 11 is 0. The Morgan fingerprint density at radius 1 is 1.26 bits per heavy atom. The van der Waals surface area contributed by atoms with Crippen molar-refractivity contribution >= 4 is 10.9 Å². The van der Waals surface area contributed by atoms with E-state index >= 15 is 0 Å².